The zero-order chi connectivity index (χ0) is 18.9. The molecule has 6 heteroatoms. The van der Waals surface area contributed by atoms with Crippen molar-refractivity contribution in [1.29, 1.82) is 0 Å². The van der Waals surface area contributed by atoms with E-state index < -0.39 is 0 Å². The minimum absolute atomic E-state index is 0.0483. The quantitative estimate of drug-likeness (QED) is 0.895. The molecular formula is C20H28N4O2. The molecule has 1 atom stereocenters. The number of nitrogens with one attached hydrogen (secondary N) is 1. The first-order valence-electron chi connectivity index (χ1n) is 8.97. The average Bonchev–Trinajstić information content (AvgIpc) is 3.17. The number of aromatic amines is 1. The van der Waals surface area contributed by atoms with E-state index in [1.54, 1.807) is 7.11 Å². The van der Waals surface area contributed by atoms with Crippen molar-refractivity contribution in [3.05, 3.63) is 47.5 Å². The first kappa shape index (κ1) is 18.5. The smallest absolute Gasteiger partial charge is 0.238 e. The van der Waals surface area contributed by atoms with Crippen LogP contribution in [0, 0.1) is 0 Å². The number of H-pyrrole nitrogens is 1. The van der Waals surface area contributed by atoms with Crippen molar-refractivity contribution in [2.45, 2.75) is 38.8 Å². The topological polar surface area (TPSA) is 61.5 Å². The van der Waals surface area contributed by atoms with Crippen LogP contribution < -0.4 is 4.74 Å². The third kappa shape index (κ3) is 3.75. The largest absolute Gasteiger partial charge is 0.497 e. The molecular weight excluding hydrogens is 328 g/mol. The number of methoxy groups -OCH3 is 1. The van der Waals surface area contributed by atoms with E-state index in [1.807, 2.05) is 42.4 Å². The van der Waals surface area contributed by atoms with Crippen LogP contribution in [0.25, 0.3) is 0 Å². The molecule has 26 heavy (non-hydrogen) atoms. The first-order chi connectivity index (χ1) is 12.3. The fourth-order valence-corrected chi connectivity index (χ4v) is 3.31. The number of imidazole rings is 1. The lowest BCUT2D eigenvalue weighted by Crippen LogP contribution is -2.33. The zero-order valence-corrected chi connectivity index (χ0v) is 16.2. The molecule has 0 aliphatic carbocycles. The predicted molar refractivity (Wildman–Crippen MR) is 101 cm³/mol. The molecule has 0 radical (unpaired) electrons. The number of aromatic nitrogens is 2. The Kier molecular flexibility index (Phi) is 5.05. The molecule has 1 amide bonds. The summed E-state index contributed by atoms with van der Waals surface area (Å²) in [5.41, 5.74) is 2.11. The number of hydrogen-bond donors (Lipinski definition) is 1. The van der Waals surface area contributed by atoms with E-state index in [1.165, 1.54) is 5.56 Å². The molecule has 1 unspecified atom stereocenters. The molecule has 0 bridgehead atoms. The molecule has 0 spiro atoms. The summed E-state index contributed by atoms with van der Waals surface area (Å²) in [7, 11) is 3.64. The zero-order valence-electron chi connectivity index (χ0n) is 16.2. The Morgan fingerprint density at radius 2 is 1.96 bits per heavy atom. The summed E-state index contributed by atoms with van der Waals surface area (Å²) in [5, 5.41) is 0. The molecule has 1 fully saturated rings. The Morgan fingerprint density at radius 3 is 2.54 bits per heavy atom. The Hall–Kier alpha value is -2.34. The summed E-state index contributed by atoms with van der Waals surface area (Å²) in [6.07, 6.45) is 2.57. The highest BCUT2D eigenvalue weighted by Gasteiger charge is 2.37. The Balaban J connectivity index is 1.75. The van der Waals surface area contributed by atoms with Crippen molar-refractivity contribution in [2.24, 2.45) is 0 Å². The van der Waals surface area contributed by atoms with Crippen LogP contribution in [0.1, 0.15) is 44.0 Å². The van der Waals surface area contributed by atoms with Crippen molar-refractivity contribution in [2.75, 3.05) is 27.2 Å². The van der Waals surface area contributed by atoms with Gasteiger partial charge in [0.1, 0.15) is 17.7 Å². The van der Waals surface area contributed by atoms with Crippen LogP contribution in [0.2, 0.25) is 0 Å². The van der Waals surface area contributed by atoms with Gasteiger partial charge in [0.2, 0.25) is 5.91 Å². The molecule has 1 saturated heterocycles. The van der Waals surface area contributed by atoms with E-state index in [2.05, 4.69) is 35.6 Å². The number of ether oxygens (including phenoxy) is 1. The van der Waals surface area contributed by atoms with E-state index in [-0.39, 0.29) is 17.5 Å². The van der Waals surface area contributed by atoms with Crippen LogP contribution in [0.15, 0.2) is 30.5 Å². The lowest BCUT2D eigenvalue weighted by molar-refractivity contribution is -0.128. The van der Waals surface area contributed by atoms with Crippen LogP contribution in [0.3, 0.4) is 0 Å². The van der Waals surface area contributed by atoms with Crippen LogP contribution in [-0.2, 0) is 16.6 Å². The van der Waals surface area contributed by atoms with Gasteiger partial charge in [-0.05, 0) is 31.2 Å². The maximum atomic E-state index is 12.5. The molecule has 6 nitrogen and oxygen atoms in total. The van der Waals surface area contributed by atoms with E-state index >= 15 is 0 Å². The summed E-state index contributed by atoms with van der Waals surface area (Å²) in [6.45, 7) is 7.48. The van der Waals surface area contributed by atoms with Crippen molar-refractivity contribution < 1.29 is 9.53 Å². The molecule has 1 N–H and O–H groups in total. The molecule has 3 rings (SSSR count). The third-order valence-corrected chi connectivity index (χ3v) is 4.80. The highest BCUT2D eigenvalue weighted by Crippen LogP contribution is 2.30. The summed E-state index contributed by atoms with van der Waals surface area (Å²) in [6, 6.07) is 8.00. The Labute approximate surface area is 155 Å². The van der Waals surface area contributed by atoms with Gasteiger partial charge >= 0.3 is 0 Å². The SMILES string of the molecule is COc1ccc(CCN2C(=O)CN(C)C2c2cnc(C(C)(C)C)[nH]2)cc1. The van der Waals surface area contributed by atoms with Crippen molar-refractivity contribution in [1.82, 2.24) is 19.8 Å². The highest BCUT2D eigenvalue weighted by atomic mass is 16.5. The fraction of sp³-hybridized carbons (Fsp3) is 0.500. The average molecular weight is 356 g/mol. The van der Waals surface area contributed by atoms with Gasteiger partial charge in [-0.1, -0.05) is 32.9 Å². The number of hydrogen-bond acceptors (Lipinski definition) is 4. The third-order valence-electron chi connectivity index (χ3n) is 4.80. The standard InChI is InChI=1S/C20H28N4O2/c1-20(2,3)19-21-12-16(22-19)18-23(4)13-17(25)24(18)11-10-14-6-8-15(26-5)9-7-14/h6-9,12,18H,10-11,13H2,1-5H3,(H,21,22). The van der Waals surface area contributed by atoms with Crippen LogP contribution in [-0.4, -0.2) is 52.9 Å². The van der Waals surface area contributed by atoms with Crippen molar-refractivity contribution >= 4 is 5.91 Å². The van der Waals surface area contributed by atoms with E-state index in [4.69, 9.17) is 4.74 Å². The molecule has 140 valence electrons. The van der Waals surface area contributed by atoms with E-state index in [9.17, 15) is 4.79 Å². The monoisotopic (exact) mass is 356 g/mol. The number of nitrogens with zero attached hydrogens (tertiary/aromatic N) is 3. The predicted octanol–water partition coefficient (Wildman–Crippen LogP) is 2.73. The second-order valence-electron chi connectivity index (χ2n) is 7.91. The van der Waals surface area contributed by atoms with Gasteiger partial charge in [-0.15, -0.1) is 0 Å². The molecule has 2 aromatic rings. The maximum absolute atomic E-state index is 12.5. The van der Waals surface area contributed by atoms with Crippen LogP contribution >= 0.6 is 0 Å². The minimum atomic E-state index is -0.0932. The van der Waals surface area contributed by atoms with Gasteiger partial charge in [0.25, 0.3) is 0 Å². The van der Waals surface area contributed by atoms with Gasteiger partial charge in [0, 0.05) is 12.0 Å². The second-order valence-corrected chi connectivity index (χ2v) is 7.91. The van der Waals surface area contributed by atoms with Gasteiger partial charge in [-0.2, -0.15) is 0 Å². The van der Waals surface area contributed by atoms with Gasteiger partial charge in [0.15, 0.2) is 0 Å². The summed E-state index contributed by atoms with van der Waals surface area (Å²) in [5.74, 6) is 1.93. The second kappa shape index (κ2) is 7.11. The number of rotatable bonds is 5. The summed E-state index contributed by atoms with van der Waals surface area (Å²) >= 11 is 0. The van der Waals surface area contributed by atoms with Gasteiger partial charge in [0.05, 0.1) is 25.5 Å². The van der Waals surface area contributed by atoms with Crippen LogP contribution in [0.4, 0.5) is 0 Å². The van der Waals surface area contributed by atoms with E-state index in [0.717, 1.165) is 23.7 Å². The van der Waals surface area contributed by atoms with Gasteiger partial charge in [-0.3, -0.25) is 9.69 Å². The van der Waals surface area contributed by atoms with Crippen LogP contribution in [0.5, 0.6) is 5.75 Å². The lowest BCUT2D eigenvalue weighted by atomic mass is 9.96. The van der Waals surface area contributed by atoms with E-state index in [0.29, 0.717) is 13.1 Å². The number of benzene rings is 1. The molecule has 1 aromatic carbocycles. The fourth-order valence-electron chi connectivity index (χ4n) is 3.31. The number of carbonyl (C=O) groups is 1. The Morgan fingerprint density at radius 1 is 1.27 bits per heavy atom. The molecule has 0 saturated carbocycles. The number of carbonyl (C=O) groups excluding carboxylic acids is 1. The molecule has 1 aliphatic heterocycles. The lowest BCUT2D eigenvalue weighted by Gasteiger charge is -2.27. The number of amides is 1. The molecule has 2 heterocycles. The van der Waals surface area contributed by atoms with Gasteiger partial charge in [-0.25, -0.2) is 4.98 Å². The van der Waals surface area contributed by atoms with Gasteiger partial charge < -0.3 is 14.6 Å². The van der Waals surface area contributed by atoms with Crippen molar-refractivity contribution in [3.8, 4) is 5.75 Å². The normalized spacial score (nSPS) is 18.6. The summed E-state index contributed by atoms with van der Waals surface area (Å²) in [4.78, 5) is 24.5. The highest BCUT2D eigenvalue weighted by molar-refractivity contribution is 5.80. The first-order valence-corrected chi connectivity index (χ1v) is 8.97. The minimum Gasteiger partial charge on any atom is -0.497 e. The van der Waals surface area contributed by atoms with Crippen molar-refractivity contribution in [3.63, 3.8) is 0 Å². The number of likely N-dealkylation sites (N-methyl/N-ethyl adjacent to an activating group) is 1. The summed E-state index contributed by atoms with van der Waals surface area (Å²) < 4.78 is 5.20. The molecule has 1 aliphatic rings. The maximum Gasteiger partial charge on any atom is 0.238 e. The molecule has 1 aromatic heterocycles. The Bertz CT molecular complexity index is 761.